The van der Waals surface area contributed by atoms with Gasteiger partial charge in [0.25, 0.3) is 5.91 Å². The van der Waals surface area contributed by atoms with Gasteiger partial charge in [0.1, 0.15) is 5.69 Å². The molecule has 5 heteroatoms. The SMILES string of the molecule is NC(=O)c1cc2scnc2cn1. The number of hydrogen-bond acceptors (Lipinski definition) is 4. The largest absolute Gasteiger partial charge is 0.364 e. The number of fused-ring (bicyclic) bond motifs is 1. The summed E-state index contributed by atoms with van der Waals surface area (Å²) in [5.74, 6) is -0.509. The molecule has 0 radical (unpaired) electrons. The molecule has 2 aromatic rings. The van der Waals surface area contributed by atoms with E-state index in [1.165, 1.54) is 11.3 Å². The smallest absolute Gasteiger partial charge is 0.267 e. The summed E-state index contributed by atoms with van der Waals surface area (Å²) >= 11 is 1.46. The van der Waals surface area contributed by atoms with Crippen molar-refractivity contribution in [1.82, 2.24) is 9.97 Å². The zero-order valence-corrected chi connectivity index (χ0v) is 6.84. The maximum atomic E-state index is 10.7. The number of nitrogens with two attached hydrogens (primary N) is 1. The molecule has 0 aromatic carbocycles. The molecule has 0 spiro atoms. The molecule has 0 atom stereocenters. The van der Waals surface area contributed by atoms with E-state index in [1.54, 1.807) is 17.8 Å². The van der Waals surface area contributed by atoms with Crippen molar-refractivity contribution in [3.05, 3.63) is 23.5 Å². The van der Waals surface area contributed by atoms with Gasteiger partial charge in [0, 0.05) is 0 Å². The van der Waals surface area contributed by atoms with Gasteiger partial charge in [0.15, 0.2) is 0 Å². The minimum atomic E-state index is -0.509. The minimum Gasteiger partial charge on any atom is -0.364 e. The van der Waals surface area contributed by atoms with Crippen molar-refractivity contribution in [2.75, 3.05) is 0 Å². The summed E-state index contributed by atoms with van der Waals surface area (Å²) in [6, 6.07) is 1.65. The van der Waals surface area contributed by atoms with Crippen molar-refractivity contribution in [2.45, 2.75) is 0 Å². The second kappa shape index (κ2) is 2.53. The number of aromatic nitrogens is 2. The average molecular weight is 179 g/mol. The standard InChI is InChI=1S/C7H5N3OS/c8-7(11)4-1-6-5(2-9-4)10-3-12-6/h1-3H,(H2,8,11). The Labute approximate surface area is 72.1 Å². The summed E-state index contributed by atoms with van der Waals surface area (Å²) in [7, 11) is 0. The van der Waals surface area contributed by atoms with Crippen LogP contribution in [0.2, 0.25) is 0 Å². The highest BCUT2D eigenvalue weighted by atomic mass is 32.1. The second-order valence-corrected chi connectivity index (χ2v) is 3.14. The minimum absolute atomic E-state index is 0.284. The van der Waals surface area contributed by atoms with Crippen molar-refractivity contribution >= 4 is 27.5 Å². The van der Waals surface area contributed by atoms with Crippen LogP contribution in [0.1, 0.15) is 10.5 Å². The lowest BCUT2D eigenvalue weighted by Gasteiger charge is -1.92. The van der Waals surface area contributed by atoms with Crippen LogP contribution in [0.25, 0.3) is 10.2 Å². The molecular formula is C7H5N3OS. The van der Waals surface area contributed by atoms with Crippen LogP contribution in [0.4, 0.5) is 0 Å². The normalized spacial score (nSPS) is 10.3. The number of amides is 1. The van der Waals surface area contributed by atoms with E-state index in [9.17, 15) is 4.79 Å². The van der Waals surface area contributed by atoms with E-state index in [-0.39, 0.29) is 5.69 Å². The predicted molar refractivity (Wildman–Crippen MR) is 45.9 cm³/mol. The molecule has 0 fully saturated rings. The Balaban J connectivity index is 2.68. The maximum absolute atomic E-state index is 10.7. The molecule has 2 heterocycles. The third kappa shape index (κ3) is 1.04. The Morgan fingerprint density at radius 2 is 2.33 bits per heavy atom. The average Bonchev–Trinajstić information content (AvgIpc) is 2.49. The van der Waals surface area contributed by atoms with Gasteiger partial charge in [-0.15, -0.1) is 11.3 Å². The fourth-order valence-electron chi connectivity index (χ4n) is 0.896. The molecule has 2 N–H and O–H groups in total. The zero-order valence-electron chi connectivity index (χ0n) is 6.02. The van der Waals surface area contributed by atoms with Gasteiger partial charge in [0.2, 0.25) is 0 Å². The molecule has 0 aliphatic carbocycles. The van der Waals surface area contributed by atoms with Crippen LogP contribution >= 0.6 is 11.3 Å². The van der Waals surface area contributed by atoms with Gasteiger partial charge in [0.05, 0.1) is 21.9 Å². The molecule has 0 saturated heterocycles. The van der Waals surface area contributed by atoms with E-state index in [0.717, 1.165) is 10.2 Å². The summed E-state index contributed by atoms with van der Waals surface area (Å²) in [6.07, 6.45) is 1.55. The first-order chi connectivity index (χ1) is 5.77. The maximum Gasteiger partial charge on any atom is 0.267 e. The number of hydrogen-bond donors (Lipinski definition) is 1. The van der Waals surface area contributed by atoms with Crippen molar-refractivity contribution in [3.8, 4) is 0 Å². The van der Waals surface area contributed by atoms with Gasteiger partial charge in [-0.1, -0.05) is 0 Å². The molecule has 4 nitrogen and oxygen atoms in total. The summed E-state index contributed by atoms with van der Waals surface area (Å²) in [5, 5.41) is 0. The molecule has 0 aliphatic heterocycles. The van der Waals surface area contributed by atoms with Crippen molar-refractivity contribution in [1.29, 1.82) is 0 Å². The van der Waals surface area contributed by atoms with E-state index >= 15 is 0 Å². The Morgan fingerprint density at radius 3 is 3.08 bits per heavy atom. The quantitative estimate of drug-likeness (QED) is 0.703. The second-order valence-electron chi connectivity index (χ2n) is 2.25. The Hall–Kier alpha value is -1.49. The molecule has 2 aromatic heterocycles. The van der Waals surface area contributed by atoms with Gasteiger partial charge < -0.3 is 5.73 Å². The van der Waals surface area contributed by atoms with Gasteiger partial charge >= 0.3 is 0 Å². The summed E-state index contributed by atoms with van der Waals surface area (Å²) in [5.41, 5.74) is 7.84. The molecule has 0 bridgehead atoms. The van der Waals surface area contributed by atoms with Crippen LogP contribution < -0.4 is 5.73 Å². The first-order valence-electron chi connectivity index (χ1n) is 3.26. The van der Waals surface area contributed by atoms with Gasteiger partial charge in [-0.05, 0) is 6.07 Å². The van der Waals surface area contributed by atoms with E-state index in [0.29, 0.717) is 0 Å². The van der Waals surface area contributed by atoms with Crippen LogP contribution in [-0.4, -0.2) is 15.9 Å². The van der Waals surface area contributed by atoms with E-state index in [4.69, 9.17) is 5.73 Å². The van der Waals surface area contributed by atoms with Crippen LogP contribution in [0.3, 0.4) is 0 Å². The highest BCUT2D eigenvalue weighted by Crippen LogP contribution is 2.16. The highest BCUT2D eigenvalue weighted by molar-refractivity contribution is 7.16. The summed E-state index contributed by atoms with van der Waals surface area (Å²) in [4.78, 5) is 18.6. The summed E-state index contributed by atoms with van der Waals surface area (Å²) in [6.45, 7) is 0. The Bertz CT molecular complexity index is 437. The third-order valence-corrected chi connectivity index (χ3v) is 2.26. The monoisotopic (exact) mass is 179 g/mol. The summed E-state index contributed by atoms with van der Waals surface area (Å²) < 4.78 is 0.929. The number of thiazole rings is 1. The van der Waals surface area contributed by atoms with Gasteiger partial charge in [-0.25, -0.2) is 9.97 Å². The van der Waals surface area contributed by atoms with Crippen LogP contribution in [0.5, 0.6) is 0 Å². The number of primary amides is 1. The first kappa shape index (κ1) is 7.17. The third-order valence-electron chi connectivity index (χ3n) is 1.47. The Morgan fingerprint density at radius 1 is 1.50 bits per heavy atom. The molecule has 0 saturated carbocycles. The van der Waals surface area contributed by atoms with Gasteiger partial charge in [-0.3, -0.25) is 4.79 Å². The van der Waals surface area contributed by atoms with Crippen LogP contribution in [0.15, 0.2) is 17.8 Å². The number of rotatable bonds is 1. The number of pyridine rings is 1. The first-order valence-corrected chi connectivity index (χ1v) is 4.14. The highest BCUT2D eigenvalue weighted by Gasteiger charge is 2.03. The molecule has 12 heavy (non-hydrogen) atoms. The van der Waals surface area contributed by atoms with Crippen LogP contribution in [-0.2, 0) is 0 Å². The van der Waals surface area contributed by atoms with Crippen molar-refractivity contribution in [2.24, 2.45) is 5.73 Å². The predicted octanol–water partition coefficient (Wildman–Crippen LogP) is 0.790. The molecule has 1 amide bonds. The van der Waals surface area contributed by atoms with Crippen molar-refractivity contribution < 1.29 is 4.79 Å². The molecule has 60 valence electrons. The fourth-order valence-corrected chi connectivity index (χ4v) is 1.58. The lowest BCUT2D eigenvalue weighted by molar-refractivity contribution is 0.0996. The number of carbonyl (C=O) groups is 1. The lowest BCUT2D eigenvalue weighted by atomic mass is 10.3. The lowest BCUT2D eigenvalue weighted by Crippen LogP contribution is -2.12. The van der Waals surface area contributed by atoms with E-state index in [1.807, 2.05) is 0 Å². The van der Waals surface area contributed by atoms with E-state index < -0.39 is 5.91 Å². The van der Waals surface area contributed by atoms with Crippen molar-refractivity contribution in [3.63, 3.8) is 0 Å². The Kier molecular flexibility index (Phi) is 1.51. The molecular weight excluding hydrogens is 174 g/mol. The fraction of sp³-hybridized carbons (Fsp3) is 0. The molecule has 2 rings (SSSR count). The van der Waals surface area contributed by atoms with Gasteiger partial charge in [-0.2, -0.15) is 0 Å². The topological polar surface area (TPSA) is 68.9 Å². The molecule has 0 unspecified atom stereocenters. The molecule has 0 aliphatic rings. The zero-order chi connectivity index (χ0) is 8.55. The number of carbonyl (C=O) groups excluding carboxylic acids is 1. The van der Waals surface area contributed by atoms with Crippen LogP contribution in [0, 0.1) is 0 Å². The van der Waals surface area contributed by atoms with E-state index in [2.05, 4.69) is 9.97 Å². The number of nitrogens with zero attached hydrogens (tertiary/aromatic N) is 2.